The molecule has 0 aromatic heterocycles. The van der Waals surface area contributed by atoms with E-state index in [1.165, 1.54) is 0 Å². The molecule has 0 saturated carbocycles. The Morgan fingerprint density at radius 1 is 0.733 bits per heavy atom. The van der Waals surface area contributed by atoms with E-state index in [0.717, 1.165) is 16.7 Å². The monoisotopic (exact) mass is 629 g/mol. The van der Waals surface area contributed by atoms with E-state index in [0.29, 0.717) is 31.8 Å². The van der Waals surface area contributed by atoms with Gasteiger partial charge in [-0.05, 0) is 40.5 Å². The van der Waals surface area contributed by atoms with Gasteiger partial charge in [0.1, 0.15) is 6.10 Å². The van der Waals surface area contributed by atoms with Crippen molar-refractivity contribution in [3.8, 4) is 0 Å². The van der Waals surface area contributed by atoms with Gasteiger partial charge in [-0.1, -0.05) is 91.0 Å². The first-order valence-electron chi connectivity index (χ1n) is 14.5. The number of hydrogen-bond acceptors (Lipinski definition) is 4. The third-order valence-electron chi connectivity index (χ3n) is 7.90. The van der Waals surface area contributed by atoms with E-state index in [9.17, 15) is 31.4 Å². The molecule has 10 heteroatoms. The number of aliphatic hydroxyl groups is 1. The van der Waals surface area contributed by atoms with Gasteiger partial charge >= 0.3 is 12.4 Å². The predicted molar refractivity (Wildman–Crippen MR) is 157 cm³/mol. The molecule has 4 atom stereocenters. The summed E-state index contributed by atoms with van der Waals surface area (Å²) in [5.41, 5.74) is -0.314. The van der Waals surface area contributed by atoms with E-state index in [4.69, 9.17) is 9.47 Å². The highest BCUT2D eigenvalue weighted by molar-refractivity contribution is 5.35. The van der Waals surface area contributed by atoms with Crippen molar-refractivity contribution in [3.63, 3.8) is 0 Å². The molecule has 1 heterocycles. The van der Waals surface area contributed by atoms with Crippen molar-refractivity contribution >= 4 is 0 Å². The average Bonchev–Trinajstić information content (AvgIpc) is 3.41. The van der Waals surface area contributed by atoms with Crippen LogP contribution in [-0.2, 0) is 34.9 Å². The summed E-state index contributed by atoms with van der Waals surface area (Å²) >= 11 is 0. The first kappa shape index (κ1) is 32.7. The lowest BCUT2D eigenvalue weighted by Gasteiger charge is -2.31. The van der Waals surface area contributed by atoms with Crippen molar-refractivity contribution in [2.75, 3.05) is 19.8 Å². The molecule has 4 aromatic carbocycles. The van der Waals surface area contributed by atoms with Crippen molar-refractivity contribution in [3.05, 3.63) is 143 Å². The third kappa shape index (κ3) is 8.52. The number of ether oxygens (including phenoxy) is 2. The van der Waals surface area contributed by atoms with Crippen LogP contribution in [0, 0.1) is 5.92 Å². The fraction of sp³-hybridized carbons (Fsp3) is 0.314. The van der Waals surface area contributed by atoms with Crippen molar-refractivity contribution in [2.45, 2.75) is 43.8 Å². The number of rotatable bonds is 11. The molecule has 1 fully saturated rings. The Labute approximate surface area is 257 Å². The van der Waals surface area contributed by atoms with E-state index in [1.54, 1.807) is 0 Å². The predicted octanol–water partition coefficient (Wildman–Crippen LogP) is 8.23. The molecule has 1 N–H and O–H groups in total. The van der Waals surface area contributed by atoms with Gasteiger partial charge in [-0.2, -0.15) is 26.3 Å². The molecule has 0 amide bonds. The van der Waals surface area contributed by atoms with Gasteiger partial charge in [0.2, 0.25) is 0 Å². The van der Waals surface area contributed by atoms with Crippen LogP contribution >= 0.6 is 0 Å². The van der Waals surface area contributed by atoms with Crippen LogP contribution in [0.15, 0.2) is 109 Å². The smallest absolute Gasteiger partial charge is 0.393 e. The Balaban J connectivity index is 1.44. The zero-order valence-electron chi connectivity index (χ0n) is 24.2. The van der Waals surface area contributed by atoms with Gasteiger partial charge in [-0.25, -0.2) is 0 Å². The van der Waals surface area contributed by atoms with Crippen LogP contribution in [0.2, 0.25) is 0 Å². The van der Waals surface area contributed by atoms with E-state index in [2.05, 4.69) is 4.90 Å². The van der Waals surface area contributed by atoms with E-state index >= 15 is 0 Å². The Kier molecular flexibility index (Phi) is 10.3. The van der Waals surface area contributed by atoms with Crippen molar-refractivity contribution < 1.29 is 40.9 Å². The fourth-order valence-electron chi connectivity index (χ4n) is 5.80. The molecule has 0 aliphatic carbocycles. The zero-order valence-corrected chi connectivity index (χ0v) is 24.2. The molecular weight excluding hydrogens is 596 g/mol. The maximum absolute atomic E-state index is 13.6. The summed E-state index contributed by atoms with van der Waals surface area (Å²) in [4.78, 5) is 2.28. The molecule has 238 valence electrons. The number of alkyl halides is 6. The molecule has 45 heavy (non-hydrogen) atoms. The minimum atomic E-state index is -5.03. The minimum absolute atomic E-state index is 0.0564. The molecule has 4 nitrogen and oxygen atoms in total. The Bertz CT molecular complexity index is 1430. The number of nitrogens with zero attached hydrogens (tertiary/aromatic N) is 1. The van der Waals surface area contributed by atoms with E-state index in [1.807, 2.05) is 91.0 Å². The summed E-state index contributed by atoms with van der Waals surface area (Å²) in [6, 6.07) is 30.5. The van der Waals surface area contributed by atoms with E-state index in [-0.39, 0.29) is 18.6 Å². The Morgan fingerprint density at radius 3 is 1.69 bits per heavy atom. The summed E-state index contributed by atoms with van der Waals surface area (Å²) in [6.07, 6.45) is -12.6. The van der Waals surface area contributed by atoms with Gasteiger partial charge in [0, 0.05) is 31.5 Å². The summed E-state index contributed by atoms with van der Waals surface area (Å²) in [5, 5.41) is 10.2. The van der Waals surface area contributed by atoms with Crippen LogP contribution in [0.25, 0.3) is 0 Å². The highest BCUT2D eigenvalue weighted by Crippen LogP contribution is 2.42. The molecule has 0 unspecified atom stereocenters. The second-order valence-corrected chi connectivity index (χ2v) is 11.2. The quantitative estimate of drug-likeness (QED) is 0.170. The maximum Gasteiger partial charge on any atom is 0.416 e. The largest absolute Gasteiger partial charge is 0.416 e. The molecular formula is C35H33F6NO3. The highest BCUT2D eigenvalue weighted by atomic mass is 19.4. The van der Waals surface area contributed by atoms with Crippen LogP contribution in [-0.4, -0.2) is 36.1 Å². The molecule has 1 aliphatic heterocycles. The molecule has 5 rings (SSSR count). The SMILES string of the molecule is OC[C@H](O[C@@H]1OC[C@H](CN(Cc2ccccc2)Cc2ccccc2)[C@H]1c1ccccc1)c1cc(C(F)(F)F)cc(C(F)(F)F)c1. The van der Waals surface area contributed by atoms with Gasteiger partial charge in [-0.15, -0.1) is 0 Å². The van der Waals surface area contributed by atoms with Crippen LogP contribution in [0.4, 0.5) is 26.3 Å². The van der Waals surface area contributed by atoms with Crippen LogP contribution < -0.4 is 0 Å². The van der Waals surface area contributed by atoms with Crippen LogP contribution in [0.3, 0.4) is 0 Å². The number of aliphatic hydroxyl groups excluding tert-OH is 1. The Morgan fingerprint density at radius 2 is 1.22 bits per heavy atom. The maximum atomic E-state index is 13.6. The molecule has 1 saturated heterocycles. The van der Waals surface area contributed by atoms with E-state index < -0.39 is 54.0 Å². The standard InChI is InChI=1S/C35H33F6NO3/c36-34(37,38)29-16-27(17-30(18-29)35(39,40)41)31(22-43)45-33-32(26-14-8-3-9-15-26)28(23-44-33)21-42(19-24-10-4-1-5-11-24)20-25-12-6-2-7-13-25/h1-18,28,31-33,43H,19-23H2/t28-,31-,32+,33-/m0/s1. The van der Waals surface area contributed by atoms with Crippen LogP contribution in [0.5, 0.6) is 0 Å². The first-order chi connectivity index (χ1) is 21.5. The number of hydrogen-bond donors (Lipinski definition) is 1. The summed E-state index contributed by atoms with van der Waals surface area (Å²) in [6.45, 7) is 1.23. The van der Waals surface area contributed by atoms with Crippen molar-refractivity contribution in [2.24, 2.45) is 5.92 Å². The summed E-state index contributed by atoms with van der Waals surface area (Å²) in [5.74, 6) is -0.557. The number of benzene rings is 4. The summed E-state index contributed by atoms with van der Waals surface area (Å²) in [7, 11) is 0. The average molecular weight is 630 g/mol. The molecule has 4 aromatic rings. The van der Waals surface area contributed by atoms with Gasteiger partial charge in [0.25, 0.3) is 0 Å². The normalized spacial score (nSPS) is 19.6. The topological polar surface area (TPSA) is 41.9 Å². The third-order valence-corrected chi connectivity index (χ3v) is 7.90. The lowest BCUT2D eigenvalue weighted by molar-refractivity contribution is -0.163. The highest BCUT2D eigenvalue weighted by Gasteiger charge is 2.42. The second kappa shape index (κ2) is 14.2. The lowest BCUT2D eigenvalue weighted by Crippen LogP contribution is -2.33. The first-order valence-corrected chi connectivity index (χ1v) is 14.5. The van der Waals surface area contributed by atoms with Crippen molar-refractivity contribution in [1.82, 2.24) is 4.90 Å². The lowest BCUT2D eigenvalue weighted by atomic mass is 9.87. The minimum Gasteiger partial charge on any atom is -0.393 e. The fourth-order valence-corrected chi connectivity index (χ4v) is 5.80. The van der Waals surface area contributed by atoms with Crippen molar-refractivity contribution in [1.29, 1.82) is 0 Å². The molecule has 1 aliphatic rings. The van der Waals surface area contributed by atoms with Gasteiger partial charge in [-0.3, -0.25) is 4.90 Å². The number of halogens is 6. The zero-order chi connectivity index (χ0) is 32.0. The van der Waals surface area contributed by atoms with Crippen LogP contribution in [0.1, 0.15) is 45.4 Å². The molecule has 0 spiro atoms. The molecule has 0 bridgehead atoms. The summed E-state index contributed by atoms with van der Waals surface area (Å²) < 4.78 is 93.6. The van der Waals surface area contributed by atoms with Gasteiger partial charge in [0.15, 0.2) is 6.29 Å². The Hall–Kier alpha value is -3.70. The molecule has 0 radical (unpaired) electrons. The van der Waals surface area contributed by atoms with Gasteiger partial charge < -0.3 is 14.6 Å². The second-order valence-electron chi connectivity index (χ2n) is 11.2. The van der Waals surface area contributed by atoms with Gasteiger partial charge in [0.05, 0.1) is 24.3 Å².